The topological polar surface area (TPSA) is 52.6 Å². The summed E-state index contributed by atoms with van der Waals surface area (Å²) in [4.78, 5) is 39.1. The highest BCUT2D eigenvalue weighted by atomic mass is 79.9. The van der Waals surface area contributed by atoms with Crippen molar-refractivity contribution in [2.75, 3.05) is 13.2 Å². The van der Waals surface area contributed by atoms with Crippen LogP contribution >= 0.6 is 123 Å². The van der Waals surface area contributed by atoms with Gasteiger partial charge in [-0.25, -0.2) is 9.59 Å². The van der Waals surface area contributed by atoms with Gasteiger partial charge in [-0.2, -0.15) is 0 Å². The maximum Gasteiger partial charge on any atom is 0.348 e. The van der Waals surface area contributed by atoms with Crippen LogP contribution in [0.25, 0.3) is 80.7 Å². The average molecular weight is 1270 g/mol. The third-order valence-electron chi connectivity index (χ3n) is 14.3. The van der Waals surface area contributed by atoms with Crippen LogP contribution in [0, 0.1) is 11.8 Å². The van der Waals surface area contributed by atoms with E-state index in [9.17, 15) is 9.59 Å². The summed E-state index contributed by atoms with van der Waals surface area (Å²) in [6, 6.07) is 18.5. The van der Waals surface area contributed by atoms with Crippen molar-refractivity contribution in [1.82, 2.24) is 0 Å². The number of aryl methyl sites for hydroxylation is 2. The summed E-state index contributed by atoms with van der Waals surface area (Å²) in [6.07, 6.45) is 20.9. The molecule has 8 heterocycles. The maximum atomic E-state index is 13.7. The lowest BCUT2D eigenvalue weighted by atomic mass is 9.99. The molecule has 394 valence electrons. The van der Waals surface area contributed by atoms with E-state index in [0.29, 0.717) is 34.8 Å². The molecule has 4 nitrogen and oxygen atoms in total. The number of fused-ring (bicyclic) bond motifs is 4. The zero-order valence-electron chi connectivity index (χ0n) is 43.6. The minimum atomic E-state index is -0.219. The molecule has 74 heavy (non-hydrogen) atoms. The second-order valence-electron chi connectivity index (χ2n) is 19.8. The Morgan fingerprint density at radius 3 is 1.26 bits per heavy atom. The number of esters is 2. The fraction of sp³-hybridized carbons (Fsp3) is 0.467. The molecular formula is C60H68Br2O4S8. The van der Waals surface area contributed by atoms with E-state index in [-0.39, 0.29) is 11.9 Å². The van der Waals surface area contributed by atoms with E-state index in [4.69, 9.17) is 9.47 Å². The van der Waals surface area contributed by atoms with Gasteiger partial charge in [0.2, 0.25) is 0 Å². The first kappa shape index (κ1) is 56.5. The quantitative estimate of drug-likeness (QED) is 0.0362. The van der Waals surface area contributed by atoms with Gasteiger partial charge in [0.15, 0.2) is 0 Å². The van der Waals surface area contributed by atoms with Crippen molar-refractivity contribution in [1.29, 1.82) is 0 Å². The van der Waals surface area contributed by atoms with Gasteiger partial charge in [0.25, 0.3) is 0 Å². The van der Waals surface area contributed by atoms with Gasteiger partial charge in [0.05, 0.1) is 39.9 Å². The van der Waals surface area contributed by atoms with Crippen LogP contribution in [0.5, 0.6) is 0 Å². The molecule has 0 saturated carbocycles. The van der Waals surface area contributed by atoms with Gasteiger partial charge in [0.1, 0.15) is 9.75 Å². The third kappa shape index (κ3) is 12.6. The Hall–Kier alpha value is -2.24. The molecule has 0 aliphatic rings. The molecule has 2 atom stereocenters. The molecule has 1 aromatic carbocycles. The number of thiophene rings is 8. The van der Waals surface area contributed by atoms with Gasteiger partial charge in [0, 0.05) is 71.3 Å². The molecule has 0 radical (unpaired) electrons. The van der Waals surface area contributed by atoms with Crippen LogP contribution in [0.4, 0.5) is 0 Å². The normalized spacial score (nSPS) is 12.9. The molecule has 0 aliphatic heterocycles. The number of rotatable bonds is 28. The Morgan fingerprint density at radius 2 is 0.865 bits per heavy atom. The lowest BCUT2D eigenvalue weighted by molar-refractivity contribution is 0.0425. The van der Waals surface area contributed by atoms with Crippen molar-refractivity contribution in [3.63, 3.8) is 0 Å². The van der Waals surface area contributed by atoms with Crippen LogP contribution in [0.3, 0.4) is 0 Å². The molecular weight excluding hydrogens is 1200 g/mol. The fourth-order valence-corrected chi connectivity index (χ4v) is 21.4. The monoisotopic (exact) mass is 1270 g/mol. The zero-order valence-corrected chi connectivity index (χ0v) is 53.3. The van der Waals surface area contributed by atoms with Crippen molar-refractivity contribution in [3.8, 4) is 40.4 Å². The lowest BCUT2D eigenvalue weighted by Gasteiger charge is -2.14. The molecule has 9 rings (SSSR count). The summed E-state index contributed by atoms with van der Waals surface area (Å²) in [6.45, 7) is 14.3. The SMILES string of the molecule is CCCCCCc1ccc(-c2c3cc(-c4sc(Br)c5cc(C(=O)OCC(CC)CCCC)sc45)sc3c(-c3ccc(CCCCCC)s3)c3cc(-c4sc(Br)c5cc(C(=O)OCC(CC)CCCC)sc45)sc23)s1. The Labute approximate surface area is 487 Å². The van der Waals surface area contributed by atoms with E-state index in [2.05, 4.69) is 110 Å². The van der Waals surface area contributed by atoms with Gasteiger partial charge >= 0.3 is 11.9 Å². The Kier molecular flexibility index (Phi) is 20.3. The molecule has 0 bridgehead atoms. The van der Waals surface area contributed by atoms with Gasteiger partial charge in [-0.3, -0.25) is 0 Å². The van der Waals surface area contributed by atoms with E-state index < -0.39 is 0 Å². The van der Waals surface area contributed by atoms with Crippen LogP contribution in [0.2, 0.25) is 0 Å². The van der Waals surface area contributed by atoms with Crippen LogP contribution < -0.4 is 0 Å². The Balaban J connectivity index is 1.19. The molecule has 2 unspecified atom stereocenters. The van der Waals surface area contributed by atoms with E-state index in [1.54, 1.807) is 45.3 Å². The number of halogens is 2. The Morgan fingerprint density at radius 1 is 0.446 bits per heavy atom. The Bertz CT molecular complexity index is 3060. The van der Waals surface area contributed by atoms with Gasteiger partial charge in [-0.15, -0.1) is 90.7 Å². The van der Waals surface area contributed by atoms with Crippen LogP contribution in [0.15, 0.2) is 56.1 Å². The number of hydrogen-bond acceptors (Lipinski definition) is 12. The zero-order chi connectivity index (χ0) is 51.9. The largest absolute Gasteiger partial charge is 0.461 e. The number of ether oxygens (including phenoxy) is 2. The molecule has 14 heteroatoms. The summed E-state index contributed by atoms with van der Waals surface area (Å²) < 4.78 is 19.0. The second-order valence-corrected chi connectivity index (χ2v) is 31.0. The maximum absolute atomic E-state index is 13.7. The predicted octanol–water partition coefficient (Wildman–Crippen LogP) is 24.0. The molecule has 0 N–H and O–H groups in total. The van der Waals surface area contributed by atoms with Gasteiger partial charge in [-0.1, -0.05) is 119 Å². The minimum Gasteiger partial charge on any atom is -0.461 e. The molecule has 9 aromatic rings. The van der Waals surface area contributed by atoms with Crippen molar-refractivity contribution in [2.45, 2.75) is 157 Å². The molecule has 0 saturated heterocycles. The summed E-state index contributed by atoms with van der Waals surface area (Å²) in [5, 5.41) is 4.73. The summed E-state index contributed by atoms with van der Waals surface area (Å²) in [5.74, 6) is 0.343. The molecule has 8 aromatic heterocycles. The van der Waals surface area contributed by atoms with E-state index in [1.807, 2.05) is 57.5 Å². The highest BCUT2D eigenvalue weighted by Gasteiger charge is 2.29. The number of carbonyl (C=O) groups excluding carboxylic acids is 2. The van der Waals surface area contributed by atoms with E-state index in [1.165, 1.54) is 122 Å². The van der Waals surface area contributed by atoms with E-state index in [0.717, 1.165) is 92.0 Å². The molecule has 0 spiro atoms. The first-order valence-electron chi connectivity index (χ1n) is 27.1. The first-order valence-corrected chi connectivity index (χ1v) is 35.2. The summed E-state index contributed by atoms with van der Waals surface area (Å²) >= 11 is 22.3. The fourth-order valence-electron chi connectivity index (χ4n) is 9.87. The van der Waals surface area contributed by atoms with Crippen molar-refractivity contribution in [3.05, 3.63) is 75.6 Å². The lowest BCUT2D eigenvalue weighted by Crippen LogP contribution is -2.13. The number of hydrogen-bond donors (Lipinski definition) is 0. The summed E-state index contributed by atoms with van der Waals surface area (Å²) in [7, 11) is 0. The second kappa shape index (κ2) is 26.6. The smallest absolute Gasteiger partial charge is 0.348 e. The number of benzene rings is 1. The van der Waals surface area contributed by atoms with Crippen LogP contribution in [-0.2, 0) is 22.3 Å². The predicted molar refractivity (Wildman–Crippen MR) is 339 cm³/mol. The molecule has 0 amide bonds. The molecule has 0 fully saturated rings. The third-order valence-corrected chi connectivity index (χ3v) is 25.7. The van der Waals surface area contributed by atoms with Crippen molar-refractivity contribution < 1.29 is 19.1 Å². The van der Waals surface area contributed by atoms with Gasteiger partial charge in [-0.05, 0) is 131 Å². The summed E-state index contributed by atoms with van der Waals surface area (Å²) in [5.41, 5.74) is 2.62. The van der Waals surface area contributed by atoms with E-state index >= 15 is 0 Å². The van der Waals surface area contributed by atoms with Crippen molar-refractivity contribution in [2.24, 2.45) is 11.8 Å². The number of unbranched alkanes of at least 4 members (excludes halogenated alkanes) is 8. The van der Waals surface area contributed by atoms with Crippen LogP contribution in [0.1, 0.15) is 173 Å². The minimum absolute atomic E-state index is 0.219. The standard InChI is InChI=1S/C60H68Br2O4S8/c1-7-13-17-19-23-37-25-27-43(67-37)49-39-29-45(55-53-41(57(61)73-55)31-47(71-53)59(63)65-33-35(11-5)21-15-9-3)70-52(39)50(44-28-26-38(68-44)24-20-18-14-8-2)40-30-46(69-51(40)49)56-54-42(58(62)74-56)32-48(72-54)60(64)66-34-36(12-6)22-16-10-4/h25-32,35-36H,7-24,33-34H2,1-6H3. The van der Waals surface area contributed by atoms with Crippen LogP contribution in [-0.4, -0.2) is 25.2 Å². The number of carbonyl (C=O) groups is 2. The first-order chi connectivity index (χ1) is 36.1. The van der Waals surface area contributed by atoms with Gasteiger partial charge < -0.3 is 9.47 Å². The van der Waals surface area contributed by atoms with Crippen molar-refractivity contribution >= 4 is 175 Å². The highest BCUT2D eigenvalue weighted by Crippen LogP contribution is 2.58. The average Bonchev–Trinajstić information content (AvgIpc) is 4.29. The highest BCUT2D eigenvalue weighted by molar-refractivity contribution is 9.11. The molecule has 0 aliphatic carbocycles.